The molecule has 1 rings (SSSR count). The van der Waals surface area contributed by atoms with Gasteiger partial charge in [-0.1, -0.05) is 275 Å². The van der Waals surface area contributed by atoms with Gasteiger partial charge in [-0.05, 0) is 94.1 Å². The van der Waals surface area contributed by atoms with Crippen LogP contribution in [-0.4, -0.2) is 0 Å². The van der Waals surface area contributed by atoms with Crippen LogP contribution in [0.4, 0.5) is 0 Å². The SMILES string of the molecule is C/C=C(C)/C=C/C1=C(C)CCCC1(C)C.C=C/C(C)=C/C=C/C=C(\C)CC(C)(C)/C=C/C(=C)C(C)(C)CCCC.CC.CC.CC.CC.CC.CC.CC.CCC. The molecule has 342 valence electrons. The Kier molecular flexibility index (Phi) is 73.8. The van der Waals surface area contributed by atoms with Crippen molar-refractivity contribution in [2.24, 2.45) is 16.2 Å². The van der Waals surface area contributed by atoms with Crippen molar-refractivity contribution in [1.82, 2.24) is 0 Å². The summed E-state index contributed by atoms with van der Waals surface area (Å²) >= 11 is 0. The van der Waals surface area contributed by atoms with E-state index in [-0.39, 0.29) is 10.8 Å². The van der Waals surface area contributed by atoms with Crippen LogP contribution < -0.4 is 0 Å². The molecule has 0 atom stereocenters. The Balaban J connectivity index is -0.0000000872. The van der Waals surface area contributed by atoms with Gasteiger partial charge < -0.3 is 0 Å². The molecule has 0 aliphatic heterocycles. The van der Waals surface area contributed by atoms with Gasteiger partial charge in [0.25, 0.3) is 0 Å². The molecule has 0 bridgehead atoms. The lowest BCUT2D eigenvalue weighted by Gasteiger charge is -2.32. The zero-order valence-corrected chi connectivity index (χ0v) is 45.3. The minimum Gasteiger partial charge on any atom is -0.0988 e. The van der Waals surface area contributed by atoms with Gasteiger partial charge in [0.2, 0.25) is 0 Å². The Morgan fingerprint density at radius 3 is 1.54 bits per heavy atom. The molecule has 0 nitrogen and oxygen atoms in total. The lowest BCUT2D eigenvalue weighted by Crippen LogP contribution is -2.19. The van der Waals surface area contributed by atoms with Crippen LogP contribution in [0.1, 0.15) is 245 Å². The molecule has 1 aliphatic carbocycles. The van der Waals surface area contributed by atoms with E-state index < -0.39 is 0 Å². The van der Waals surface area contributed by atoms with E-state index in [0.29, 0.717) is 5.41 Å². The molecule has 1 aliphatic rings. The highest BCUT2D eigenvalue weighted by Crippen LogP contribution is 2.41. The van der Waals surface area contributed by atoms with Gasteiger partial charge in [0.15, 0.2) is 0 Å². The predicted molar refractivity (Wildman–Crippen MR) is 281 cm³/mol. The van der Waals surface area contributed by atoms with Crippen LogP contribution in [0.2, 0.25) is 0 Å². The maximum atomic E-state index is 4.32. The first-order chi connectivity index (χ1) is 26.9. The fourth-order valence-electron chi connectivity index (χ4n) is 4.98. The zero-order valence-electron chi connectivity index (χ0n) is 45.3. The van der Waals surface area contributed by atoms with Crippen molar-refractivity contribution in [1.29, 1.82) is 0 Å². The van der Waals surface area contributed by atoms with Crippen molar-refractivity contribution in [3.63, 3.8) is 0 Å². The minimum atomic E-state index is 0.130. The summed E-state index contributed by atoms with van der Waals surface area (Å²) in [5.74, 6) is 0. The normalized spacial score (nSPS) is 13.4. The van der Waals surface area contributed by atoms with E-state index in [0.717, 1.165) is 6.42 Å². The maximum absolute atomic E-state index is 4.32. The predicted octanol–water partition coefficient (Wildman–Crippen LogP) is 22.0. The minimum absolute atomic E-state index is 0.130. The molecule has 0 aromatic heterocycles. The molecule has 0 saturated heterocycles. The number of unbranched alkanes of at least 4 members (excludes halogenated alkanes) is 1. The highest BCUT2D eigenvalue weighted by atomic mass is 14.3. The molecule has 0 unspecified atom stereocenters. The summed E-state index contributed by atoms with van der Waals surface area (Å²) in [4.78, 5) is 0. The van der Waals surface area contributed by atoms with Gasteiger partial charge in [-0.15, -0.1) is 0 Å². The van der Waals surface area contributed by atoms with Crippen LogP contribution in [0.25, 0.3) is 0 Å². The summed E-state index contributed by atoms with van der Waals surface area (Å²) < 4.78 is 0. The first kappa shape index (κ1) is 75.5. The van der Waals surface area contributed by atoms with E-state index in [1.165, 1.54) is 67.2 Å². The van der Waals surface area contributed by atoms with Crippen molar-refractivity contribution in [2.45, 2.75) is 245 Å². The van der Waals surface area contributed by atoms with Gasteiger partial charge in [0, 0.05) is 0 Å². The molecule has 57 heavy (non-hydrogen) atoms. The summed E-state index contributed by atoms with van der Waals surface area (Å²) in [6.45, 7) is 67.3. The van der Waals surface area contributed by atoms with E-state index >= 15 is 0 Å². The molecule has 0 N–H and O–H groups in total. The molecule has 0 spiro atoms. The Morgan fingerprint density at radius 1 is 0.719 bits per heavy atom. The van der Waals surface area contributed by atoms with E-state index in [1.54, 1.807) is 11.1 Å². The van der Waals surface area contributed by atoms with Crippen LogP contribution in [0, 0.1) is 16.2 Å². The monoisotopic (exact) mass is 799 g/mol. The number of hydrogen-bond acceptors (Lipinski definition) is 0. The summed E-state index contributed by atoms with van der Waals surface area (Å²) in [5.41, 5.74) is 8.95. The van der Waals surface area contributed by atoms with Crippen molar-refractivity contribution < 1.29 is 0 Å². The average Bonchev–Trinajstić information content (AvgIpc) is 3.22. The Labute approximate surface area is 367 Å². The van der Waals surface area contributed by atoms with E-state index in [1.807, 2.05) is 103 Å². The molecule has 0 aromatic rings. The molecule has 0 saturated carbocycles. The van der Waals surface area contributed by atoms with Crippen molar-refractivity contribution >= 4 is 0 Å². The maximum Gasteiger partial charge on any atom is -0.0104 e. The molecule has 0 fully saturated rings. The molecule has 0 aromatic carbocycles. The number of hydrogen-bond donors (Lipinski definition) is 0. The van der Waals surface area contributed by atoms with E-state index in [4.69, 9.17) is 0 Å². The van der Waals surface area contributed by atoms with Crippen molar-refractivity contribution in [3.8, 4) is 0 Å². The first-order valence-corrected chi connectivity index (χ1v) is 24.0. The lowest BCUT2D eigenvalue weighted by molar-refractivity contribution is 0.377. The fourth-order valence-corrected chi connectivity index (χ4v) is 4.98. The second-order valence-electron chi connectivity index (χ2n) is 14.5. The van der Waals surface area contributed by atoms with Gasteiger partial charge >= 0.3 is 0 Å². The highest BCUT2D eigenvalue weighted by molar-refractivity contribution is 5.35. The molecular weight excluding hydrogens is 685 g/mol. The van der Waals surface area contributed by atoms with Crippen LogP contribution in [0.5, 0.6) is 0 Å². The first-order valence-electron chi connectivity index (χ1n) is 24.0. The van der Waals surface area contributed by atoms with Crippen molar-refractivity contribution in [2.75, 3.05) is 0 Å². The molecule has 0 heteroatoms. The molecule has 0 heterocycles. The van der Waals surface area contributed by atoms with Gasteiger partial charge in [-0.2, -0.15) is 0 Å². The molecule has 0 amide bonds. The van der Waals surface area contributed by atoms with Crippen LogP contribution in [-0.2, 0) is 0 Å². The zero-order chi connectivity index (χ0) is 47.7. The molecule has 0 radical (unpaired) electrons. The smallest absolute Gasteiger partial charge is 0.0104 e. The Morgan fingerprint density at radius 2 is 1.16 bits per heavy atom. The quantitative estimate of drug-likeness (QED) is 0.163. The van der Waals surface area contributed by atoms with Crippen molar-refractivity contribution in [3.05, 3.63) is 107 Å². The second-order valence-corrected chi connectivity index (χ2v) is 14.5. The van der Waals surface area contributed by atoms with Gasteiger partial charge in [0.1, 0.15) is 0 Å². The largest absolute Gasteiger partial charge is 0.0988 e. The summed E-state index contributed by atoms with van der Waals surface area (Å²) in [6, 6.07) is 0. The third kappa shape index (κ3) is 51.6. The second kappa shape index (κ2) is 55.8. The summed E-state index contributed by atoms with van der Waals surface area (Å²) in [6.07, 6.45) is 31.5. The molecular formula is C57H114. The topological polar surface area (TPSA) is 0 Å². The van der Waals surface area contributed by atoms with Gasteiger partial charge in [-0.25, -0.2) is 0 Å². The van der Waals surface area contributed by atoms with E-state index in [9.17, 15) is 0 Å². The number of allylic oxidation sites excluding steroid dienone is 16. The standard InChI is InChI=1S/C25H40.C15H24.C3H8.7C2H6/c1-10-12-18-25(8,9)23(5)17-19-24(6,7)20-22(4)16-14-13-15-21(3)11-2;1-6-12(2)9-10-14-13(3)8-7-11-15(14,4)5;1-3-2;7*1-2/h11,13-17,19H,2,5,10,12,18,20H2,1,3-4,6-9H3;6,9-10H,7-8,11H2,1-5H3;3H2,1-2H3;7*1-2H3/b14-13+,19-17+,21-15+,22-16+;10-9+,12-6+;;;;;;;;. The third-order valence-electron chi connectivity index (χ3n) is 8.18. The van der Waals surface area contributed by atoms with E-state index in [2.05, 4.69) is 165 Å². The van der Waals surface area contributed by atoms with Gasteiger partial charge in [-0.3, -0.25) is 0 Å². The average molecular weight is 800 g/mol. The van der Waals surface area contributed by atoms with Crippen LogP contribution >= 0.6 is 0 Å². The van der Waals surface area contributed by atoms with Gasteiger partial charge in [0.05, 0.1) is 0 Å². The lowest BCUT2D eigenvalue weighted by atomic mass is 9.72. The number of rotatable bonds is 13. The fraction of sp³-hybridized carbons (Fsp3) is 0.684. The van der Waals surface area contributed by atoms with Crippen LogP contribution in [0.3, 0.4) is 0 Å². The Hall–Kier alpha value is -2.34. The highest BCUT2D eigenvalue weighted by Gasteiger charge is 2.26. The van der Waals surface area contributed by atoms with Crippen LogP contribution in [0.15, 0.2) is 107 Å². The summed E-state index contributed by atoms with van der Waals surface area (Å²) in [7, 11) is 0. The summed E-state index contributed by atoms with van der Waals surface area (Å²) in [5, 5.41) is 0. The Bertz CT molecular complexity index is 1030. The third-order valence-corrected chi connectivity index (χ3v) is 8.18.